The highest BCUT2D eigenvalue weighted by atomic mass is 14.8. The molecule has 4 heteroatoms. The second kappa shape index (κ2) is 3.48. The summed E-state index contributed by atoms with van der Waals surface area (Å²) in [5, 5.41) is 4.64. The monoisotopic (exact) mass is 264 g/mol. The molecule has 0 amide bonds. The molecule has 0 aliphatic heterocycles. The maximum Gasteiger partial charge on any atom is 0.0707 e. The van der Waals surface area contributed by atoms with Gasteiger partial charge < -0.3 is 21.4 Å². The largest absolute Gasteiger partial charge is 0.397 e. The van der Waals surface area contributed by atoms with E-state index in [1.807, 2.05) is 12.1 Å². The molecule has 0 radical (unpaired) electrons. The topological polar surface area (TPSA) is 83.6 Å². The predicted octanol–water partition coefficient (Wildman–Crippen LogP) is 3.58. The van der Waals surface area contributed by atoms with E-state index >= 15 is 0 Å². The number of benzene rings is 2. The number of fused-ring (bicyclic) bond motifs is 6. The van der Waals surface area contributed by atoms with Gasteiger partial charge in [0.2, 0.25) is 0 Å². The minimum Gasteiger partial charge on any atom is -0.397 e. The summed E-state index contributed by atoms with van der Waals surface area (Å²) >= 11 is 0. The number of aromatic amines is 2. The number of nitrogen functional groups attached to an aromatic ring is 2. The van der Waals surface area contributed by atoms with Crippen molar-refractivity contribution in [3.63, 3.8) is 0 Å². The Hall–Kier alpha value is -2.62. The first-order chi connectivity index (χ1) is 9.54. The van der Waals surface area contributed by atoms with Crippen molar-refractivity contribution in [2.45, 2.75) is 13.8 Å². The average Bonchev–Trinajstić information content (AvgIpc) is 2.94. The molecule has 0 fully saturated rings. The lowest BCUT2D eigenvalue weighted by atomic mass is 10.0. The summed E-state index contributed by atoms with van der Waals surface area (Å²) < 4.78 is 0. The van der Waals surface area contributed by atoms with Gasteiger partial charge in [0.05, 0.1) is 22.4 Å². The van der Waals surface area contributed by atoms with Gasteiger partial charge in [0.15, 0.2) is 0 Å². The number of hydrogen-bond acceptors (Lipinski definition) is 2. The van der Waals surface area contributed by atoms with Crippen LogP contribution in [0, 0.1) is 13.8 Å². The van der Waals surface area contributed by atoms with Crippen molar-refractivity contribution in [2.75, 3.05) is 11.5 Å². The van der Waals surface area contributed by atoms with Gasteiger partial charge in [0.1, 0.15) is 0 Å². The van der Waals surface area contributed by atoms with Crippen LogP contribution in [0.25, 0.3) is 32.6 Å². The lowest BCUT2D eigenvalue weighted by molar-refractivity contribution is 1.28. The maximum atomic E-state index is 5.99. The summed E-state index contributed by atoms with van der Waals surface area (Å²) in [4.78, 5) is 6.88. The van der Waals surface area contributed by atoms with Gasteiger partial charge in [0, 0.05) is 22.2 Å². The number of aromatic nitrogens is 2. The molecule has 0 saturated carbocycles. The lowest BCUT2D eigenvalue weighted by Gasteiger charge is -2.07. The van der Waals surface area contributed by atoms with Crippen molar-refractivity contribution in [3.8, 4) is 0 Å². The zero-order valence-electron chi connectivity index (χ0n) is 11.5. The molecule has 0 atom stereocenters. The SMILES string of the molecule is Cc1cc2c3cc(N)c(N)cc3c3cc(C)[nH]c3c2[nH]1. The van der Waals surface area contributed by atoms with Crippen LogP contribution >= 0.6 is 0 Å². The lowest BCUT2D eigenvalue weighted by Crippen LogP contribution is -1.94. The average molecular weight is 264 g/mol. The summed E-state index contributed by atoms with van der Waals surface area (Å²) in [6.45, 7) is 4.13. The molecule has 0 spiro atoms. The van der Waals surface area contributed by atoms with Gasteiger partial charge in [-0.2, -0.15) is 0 Å². The van der Waals surface area contributed by atoms with E-state index in [0.29, 0.717) is 11.4 Å². The molecule has 0 bridgehead atoms. The fraction of sp³-hybridized carbons (Fsp3) is 0.125. The molecule has 4 aromatic rings. The third-order valence-electron chi connectivity index (χ3n) is 3.96. The minimum absolute atomic E-state index is 0.629. The standard InChI is InChI=1S/C16H16N4/c1-7-3-11-9-5-13(17)14(18)6-10(9)12-4-8(2)20-16(12)15(11)19-7/h3-6,19-20H,17-18H2,1-2H3. The van der Waals surface area contributed by atoms with Crippen LogP contribution in [0.1, 0.15) is 11.4 Å². The van der Waals surface area contributed by atoms with Crippen molar-refractivity contribution in [2.24, 2.45) is 0 Å². The molecule has 0 saturated heterocycles. The molecule has 0 aliphatic rings. The quantitative estimate of drug-likeness (QED) is 0.366. The third-order valence-corrected chi connectivity index (χ3v) is 3.96. The molecule has 0 aliphatic carbocycles. The van der Waals surface area contributed by atoms with Crippen molar-refractivity contribution >= 4 is 44.0 Å². The van der Waals surface area contributed by atoms with Gasteiger partial charge in [-0.1, -0.05) is 0 Å². The molecule has 100 valence electrons. The first-order valence-corrected chi connectivity index (χ1v) is 6.64. The number of rotatable bonds is 0. The number of aryl methyl sites for hydroxylation is 2. The third kappa shape index (κ3) is 1.30. The van der Waals surface area contributed by atoms with Crippen molar-refractivity contribution in [3.05, 3.63) is 35.7 Å². The summed E-state index contributed by atoms with van der Waals surface area (Å²) in [6, 6.07) is 8.26. The first kappa shape index (κ1) is 11.2. The molecule has 6 N–H and O–H groups in total. The normalized spacial score (nSPS) is 11.9. The molecule has 20 heavy (non-hydrogen) atoms. The Labute approximate surface area is 115 Å². The zero-order valence-corrected chi connectivity index (χ0v) is 11.5. The van der Waals surface area contributed by atoms with E-state index in [9.17, 15) is 0 Å². The van der Waals surface area contributed by atoms with Crippen molar-refractivity contribution in [1.82, 2.24) is 9.97 Å². The van der Waals surface area contributed by atoms with Gasteiger partial charge in [-0.3, -0.25) is 0 Å². The van der Waals surface area contributed by atoms with E-state index in [-0.39, 0.29) is 0 Å². The molecule has 0 unspecified atom stereocenters. The van der Waals surface area contributed by atoms with Crippen LogP contribution in [0.5, 0.6) is 0 Å². The number of anilines is 2. The van der Waals surface area contributed by atoms with E-state index in [0.717, 1.165) is 33.2 Å². The van der Waals surface area contributed by atoms with Gasteiger partial charge in [-0.25, -0.2) is 0 Å². The van der Waals surface area contributed by atoms with Gasteiger partial charge >= 0.3 is 0 Å². The van der Waals surface area contributed by atoms with E-state index in [1.165, 1.54) is 10.8 Å². The number of hydrogen-bond donors (Lipinski definition) is 4. The van der Waals surface area contributed by atoms with Crippen molar-refractivity contribution in [1.29, 1.82) is 0 Å². The Bertz CT molecular complexity index is 907. The molecular weight excluding hydrogens is 248 g/mol. The highest BCUT2D eigenvalue weighted by molar-refractivity contribution is 6.25. The van der Waals surface area contributed by atoms with Crippen LogP contribution in [0.15, 0.2) is 24.3 Å². The fourth-order valence-electron chi connectivity index (χ4n) is 3.08. The molecular formula is C16H16N4. The molecule has 2 aromatic heterocycles. The minimum atomic E-state index is 0.629. The number of H-pyrrole nitrogens is 2. The Morgan fingerprint density at radius 2 is 1.05 bits per heavy atom. The van der Waals surface area contributed by atoms with Gasteiger partial charge in [-0.15, -0.1) is 0 Å². The Morgan fingerprint density at radius 3 is 1.45 bits per heavy atom. The highest BCUT2D eigenvalue weighted by Crippen LogP contribution is 2.37. The Morgan fingerprint density at radius 1 is 0.650 bits per heavy atom. The predicted molar refractivity (Wildman–Crippen MR) is 86.0 cm³/mol. The van der Waals surface area contributed by atoms with Crippen LogP contribution in [0.4, 0.5) is 11.4 Å². The summed E-state index contributed by atoms with van der Waals surface area (Å²) in [6.07, 6.45) is 0. The van der Waals surface area contributed by atoms with Crippen molar-refractivity contribution < 1.29 is 0 Å². The fourth-order valence-corrected chi connectivity index (χ4v) is 3.08. The Kier molecular flexibility index (Phi) is 1.95. The van der Waals surface area contributed by atoms with Gasteiger partial charge in [0.25, 0.3) is 0 Å². The van der Waals surface area contributed by atoms with Crippen LogP contribution in [0.3, 0.4) is 0 Å². The van der Waals surface area contributed by atoms with Crippen LogP contribution in [0.2, 0.25) is 0 Å². The summed E-state index contributed by atoms with van der Waals surface area (Å²) in [5.74, 6) is 0. The highest BCUT2D eigenvalue weighted by Gasteiger charge is 2.13. The number of nitrogens with two attached hydrogens (primary N) is 2. The molecule has 2 aromatic carbocycles. The number of nitrogens with one attached hydrogen (secondary N) is 2. The first-order valence-electron chi connectivity index (χ1n) is 6.64. The molecule has 4 nitrogen and oxygen atoms in total. The summed E-state index contributed by atoms with van der Waals surface area (Å²) in [5.41, 5.74) is 17.8. The van der Waals surface area contributed by atoms with Crippen LogP contribution in [-0.4, -0.2) is 9.97 Å². The second-order valence-electron chi connectivity index (χ2n) is 5.51. The van der Waals surface area contributed by atoms with E-state index in [4.69, 9.17) is 11.5 Å². The Balaban J connectivity index is 2.40. The molecule has 4 rings (SSSR count). The van der Waals surface area contributed by atoms with E-state index in [2.05, 4.69) is 35.9 Å². The van der Waals surface area contributed by atoms with E-state index in [1.54, 1.807) is 0 Å². The smallest absolute Gasteiger partial charge is 0.0707 e. The summed E-state index contributed by atoms with van der Waals surface area (Å²) in [7, 11) is 0. The van der Waals surface area contributed by atoms with Crippen LogP contribution in [-0.2, 0) is 0 Å². The van der Waals surface area contributed by atoms with Crippen LogP contribution < -0.4 is 11.5 Å². The van der Waals surface area contributed by atoms with E-state index < -0.39 is 0 Å². The zero-order chi connectivity index (χ0) is 14.0. The second-order valence-corrected chi connectivity index (χ2v) is 5.51. The maximum absolute atomic E-state index is 5.99. The van der Waals surface area contributed by atoms with Gasteiger partial charge in [-0.05, 0) is 48.9 Å². The molecule has 2 heterocycles.